The number of hydrogen-bond acceptors (Lipinski definition) is 3. The Kier molecular flexibility index (Phi) is 3.22. The Morgan fingerprint density at radius 2 is 2.45 bits per heavy atom. The number of hydrogen-bond donors (Lipinski definition) is 2. The summed E-state index contributed by atoms with van der Waals surface area (Å²) in [5, 5.41) is 13.0. The third-order valence-electron chi connectivity index (χ3n) is 2.69. The number of aliphatic hydroxyl groups is 1. The lowest BCUT2D eigenvalue weighted by molar-refractivity contribution is 0.155. The molecule has 0 saturated carbocycles. The van der Waals surface area contributed by atoms with Crippen molar-refractivity contribution in [3.8, 4) is 0 Å². The van der Waals surface area contributed by atoms with Gasteiger partial charge in [0.05, 0.1) is 12.1 Å². The van der Waals surface area contributed by atoms with Crippen molar-refractivity contribution in [3.63, 3.8) is 0 Å². The summed E-state index contributed by atoms with van der Waals surface area (Å²) in [4.78, 5) is 0. The summed E-state index contributed by atoms with van der Waals surface area (Å²) >= 11 is 1.95. The van der Waals surface area contributed by atoms with Gasteiger partial charge in [-0.2, -0.15) is 11.8 Å². The molecule has 0 aliphatic carbocycles. The van der Waals surface area contributed by atoms with Crippen molar-refractivity contribution in [2.45, 2.75) is 30.6 Å². The summed E-state index contributed by atoms with van der Waals surface area (Å²) in [6.45, 7) is 2.45. The van der Waals surface area contributed by atoms with Gasteiger partial charge in [-0.25, -0.2) is 0 Å². The minimum atomic E-state index is -0.0110. The molecular weight excluding hydrogens is 158 g/mol. The molecule has 1 heterocycles. The second-order valence-electron chi connectivity index (χ2n) is 3.18. The Morgan fingerprint density at radius 1 is 1.73 bits per heavy atom. The Labute approximate surface area is 72.8 Å². The maximum Gasteiger partial charge on any atom is 0.0624 e. The molecule has 3 heteroatoms. The second kappa shape index (κ2) is 3.78. The number of thioether (sulfide) groups is 1. The topological polar surface area (TPSA) is 32.3 Å². The maximum absolute atomic E-state index is 9.24. The number of likely N-dealkylation sites (N-methyl/N-ethyl adjacent to an activating group) is 1. The molecule has 2 unspecified atom stereocenters. The predicted molar refractivity (Wildman–Crippen MR) is 50.0 cm³/mol. The molecule has 1 rings (SSSR count). The lowest BCUT2D eigenvalue weighted by Gasteiger charge is -2.40. The molecule has 2 N–H and O–H groups in total. The van der Waals surface area contributed by atoms with Gasteiger partial charge >= 0.3 is 0 Å². The molecular formula is C8H17NOS. The molecule has 11 heavy (non-hydrogen) atoms. The molecule has 2 nitrogen and oxygen atoms in total. The molecule has 0 bridgehead atoms. The van der Waals surface area contributed by atoms with Gasteiger partial charge in [0.25, 0.3) is 0 Å². The third kappa shape index (κ3) is 1.71. The van der Waals surface area contributed by atoms with Crippen LogP contribution in [0.2, 0.25) is 0 Å². The van der Waals surface area contributed by atoms with Gasteiger partial charge in [0.15, 0.2) is 0 Å². The lowest BCUT2D eigenvalue weighted by atomic mass is 9.91. The summed E-state index contributed by atoms with van der Waals surface area (Å²) in [5.74, 6) is 1.24. The highest BCUT2D eigenvalue weighted by molar-refractivity contribution is 8.00. The third-order valence-corrected chi connectivity index (χ3v) is 4.17. The van der Waals surface area contributed by atoms with Crippen molar-refractivity contribution in [2.24, 2.45) is 0 Å². The van der Waals surface area contributed by atoms with Crippen LogP contribution in [0.3, 0.4) is 0 Å². The van der Waals surface area contributed by atoms with E-state index in [2.05, 4.69) is 12.2 Å². The van der Waals surface area contributed by atoms with Crippen molar-refractivity contribution >= 4 is 11.8 Å². The molecule has 66 valence electrons. The van der Waals surface area contributed by atoms with Crippen LogP contribution >= 0.6 is 11.8 Å². The second-order valence-corrected chi connectivity index (χ2v) is 4.63. The smallest absolute Gasteiger partial charge is 0.0624 e. The van der Waals surface area contributed by atoms with Gasteiger partial charge in [-0.3, -0.25) is 0 Å². The van der Waals surface area contributed by atoms with Crippen molar-refractivity contribution in [1.29, 1.82) is 0 Å². The van der Waals surface area contributed by atoms with Crippen LogP contribution in [0.25, 0.3) is 0 Å². The number of rotatable bonds is 2. The zero-order chi connectivity index (χ0) is 8.32. The van der Waals surface area contributed by atoms with Crippen LogP contribution in [0.5, 0.6) is 0 Å². The number of aliphatic hydroxyl groups excluding tert-OH is 1. The van der Waals surface area contributed by atoms with E-state index < -0.39 is 0 Å². The first-order valence-corrected chi connectivity index (χ1v) is 5.21. The average Bonchev–Trinajstić information content (AvgIpc) is 2.06. The zero-order valence-corrected chi connectivity index (χ0v) is 8.08. The fourth-order valence-corrected chi connectivity index (χ4v) is 2.92. The summed E-state index contributed by atoms with van der Waals surface area (Å²) in [6, 6.07) is 0. The first-order chi connectivity index (χ1) is 5.25. The zero-order valence-electron chi connectivity index (χ0n) is 7.26. The van der Waals surface area contributed by atoms with Crippen LogP contribution < -0.4 is 5.32 Å². The van der Waals surface area contributed by atoms with E-state index in [0.29, 0.717) is 5.25 Å². The molecule has 1 fully saturated rings. The first-order valence-electron chi connectivity index (χ1n) is 4.16. The van der Waals surface area contributed by atoms with Crippen molar-refractivity contribution in [2.75, 3.05) is 19.4 Å². The van der Waals surface area contributed by atoms with E-state index in [-0.39, 0.29) is 12.1 Å². The quantitative estimate of drug-likeness (QED) is 0.652. The van der Waals surface area contributed by atoms with Gasteiger partial charge in [0.1, 0.15) is 0 Å². The van der Waals surface area contributed by atoms with E-state index in [1.165, 1.54) is 12.2 Å². The molecule has 0 spiro atoms. The van der Waals surface area contributed by atoms with E-state index in [1.807, 2.05) is 18.8 Å². The van der Waals surface area contributed by atoms with Crippen molar-refractivity contribution < 1.29 is 5.11 Å². The first kappa shape index (κ1) is 9.36. The van der Waals surface area contributed by atoms with Crippen LogP contribution in [-0.4, -0.2) is 35.3 Å². The minimum Gasteiger partial charge on any atom is -0.394 e. The Bertz CT molecular complexity index is 125. The molecule has 1 saturated heterocycles. The average molecular weight is 175 g/mol. The monoisotopic (exact) mass is 175 g/mol. The lowest BCUT2D eigenvalue weighted by Crippen LogP contribution is -2.55. The maximum atomic E-state index is 9.24. The number of nitrogens with one attached hydrogen (secondary N) is 1. The molecule has 2 atom stereocenters. The van der Waals surface area contributed by atoms with Crippen LogP contribution in [0.15, 0.2) is 0 Å². The van der Waals surface area contributed by atoms with Crippen LogP contribution in [-0.2, 0) is 0 Å². The molecule has 0 aromatic carbocycles. The molecule has 0 aromatic heterocycles. The molecule has 0 aromatic rings. The van der Waals surface area contributed by atoms with Gasteiger partial charge < -0.3 is 10.4 Å². The predicted octanol–water partition coefficient (Wildman–Crippen LogP) is 0.852. The van der Waals surface area contributed by atoms with Gasteiger partial charge in [-0.1, -0.05) is 6.92 Å². The van der Waals surface area contributed by atoms with Crippen LogP contribution in [0.1, 0.15) is 19.8 Å². The van der Waals surface area contributed by atoms with Gasteiger partial charge in [0, 0.05) is 5.25 Å². The largest absolute Gasteiger partial charge is 0.394 e. The summed E-state index contributed by atoms with van der Waals surface area (Å²) < 4.78 is 0. The molecule has 1 aliphatic heterocycles. The van der Waals surface area contributed by atoms with Gasteiger partial charge in [-0.05, 0) is 25.6 Å². The summed E-state index contributed by atoms with van der Waals surface area (Å²) in [5.41, 5.74) is -0.0110. The fraction of sp³-hybridized carbons (Fsp3) is 1.00. The Balaban J connectivity index is 2.61. The normalized spacial score (nSPS) is 39.0. The van der Waals surface area contributed by atoms with Crippen LogP contribution in [0.4, 0.5) is 0 Å². The SMILES string of the molecule is CNC1(CO)CCCSC1C. The van der Waals surface area contributed by atoms with E-state index in [1.54, 1.807) is 0 Å². The molecule has 0 radical (unpaired) electrons. The van der Waals surface area contributed by atoms with Gasteiger partial charge in [-0.15, -0.1) is 0 Å². The van der Waals surface area contributed by atoms with E-state index in [0.717, 1.165) is 6.42 Å². The van der Waals surface area contributed by atoms with Crippen LogP contribution in [0, 0.1) is 0 Å². The van der Waals surface area contributed by atoms with Gasteiger partial charge in [0.2, 0.25) is 0 Å². The molecule has 0 amide bonds. The highest BCUT2D eigenvalue weighted by Crippen LogP contribution is 2.33. The van der Waals surface area contributed by atoms with E-state index >= 15 is 0 Å². The van der Waals surface area contributed by atoms with E-state index in [4.69, 9.17) is 0 Å². The summed E-state index contributed by atoms with van der Waals surface area (Å²) in [7, 11) is 1.94. The van der Waals surface area contributed by atoms with E-state index in [9.17, 15) is 5.11 Å². The van der Waals surface area contributed by atoms with Crippen molar-refractivity contribution in [3.05, 3.63) is 0 Å². The Hall–Kier alpha value is 0.270. The minimum absolute atomic E-state index is 0.0110. The standard InChI is InChI=1S/C8H17NOS/c1-7-8(6-10,9-2)4-3-5-11-7/h7,9-10H,3-6H2,1-2H3. The highest BCUT2D eigenvalue weighted by atomic mass is 32.2. The fourth-order valence-electron chi connectivity index (χ4n) is 1.63. The highest BCUT2D eigenvalue weighted by Gasteiger charge is 2.36. The summed E-state index contributed by atoms with van der Waals surface area (Å²) in [6.07, 6.45) is 2.32. The molecule has 1 aliphatic rings. The van der Waals surface area contributed by atoms with Crippen molar-refractivity contribution in [1.82, 2.24) is 5.32 Å². The Morgan fingerprint density at radius 3 is 2.82 bits per heavy atom.